The van der Waals surface area contributed by atoms with Gasteiger partial charge in [0, 0.05) is 49.9 Å². The second-order valence-electron chi connectivity index (χ2n) is 11.8. The summed E-state index contributed by atoms with van der Waals surface area (Å²) in [4.78, 5) is 24.4. The molecule has 0 unspecified atom stereocenters. The average Bonchev–Trinajstić information content (AvgIpc) is 3.69. The highest BCUT2D eigenvalue weighted by atomic mass is 15.2. The molecule has 10 rings (SSSR count). The first-order valence-electron chi connectivity index (χ1n) is 15.9. The molecule has 0 radical (unpaired) electrons. The lowest BCUT2D eigenvalue weighted by Gasteiger charge is -2.13. The van der Waals surface area contributed by atoms with Crippen LogP contribution >= 0.6 is 0 Å². The van der Waals surface area contributed by atoms with E-state index < -0.39 is 0 Å². The number of hydrogen-bond acceptors (Lipinski definition) is 5. The summed E-state index contributed by atoms with van der Waals surface area (Å²) in [6, 6.07) is 47.9. The molecule has 7 heteroatoms. The van der Waals surface area contributed by atoms with E-state index in [0.717, 1.165) is 71.3 Å². The molecular formula is C41H25N7. The van der Waals surface area contributed by atoms with Gasteiger partial charge >= 0.3 is 0 Å². The van der Waals surface area contributed by atoms with Gasteiger partial charge in [0.15, 0.2) is 11.6 Å². The fraction of sp³-hybridized carbons (Fsp3) is 0. The molecule has 0 saturated heterocycles. The van der Waals surface area contributed by atoms with Crippen molar-refractivity contribution < 1.29 is 0 Å². The van der Waals surface area contributed by atoms with E-state index in [1.54, 1.807) is 6.33 Å². The van der Waals surface area contributed by atoms with Crippen molar-refractivity contribution >= 4 is 54.5 Å². The molecule has 0 atom stereocenters. The average molecular weight is 616 g/mol. The van der Waals surface area contributed by atoms with Crippen LogP contribution in [-0.2, 0) is 0 Å². The Balaban J connectivity index is 1.42. The van der Waals surface area contributed by atoms with Gasteiger partial charge in [-0.1, -0.05) is 109 Å². The van der Waals surface area contributed by atoms with Gasteiger partial charge in [0.05, 0.1) is 27.6 Å². The van der Waals surface area contributed by atoms with Gasteiger partial charge in [-0.2, -0.15) is 9.97 Å². The smallest absolute Gasteiger partial charge is 0.238 e. The molecule has 0 aliphatic rings. The molecule has 48 heavy (non-hydrogen) atoms. The zero-order chi connectivity index (χ0) is 31.6. The molecule has 6 aromatic carbocycles. The summed E-state index contributed by atoms with van der Waals surface area (Å²) in [5, 5.41) is 5.47. The molecule has 0 spiro atoms. The Morgan fingerprint density at radius 3 is 1.69 bits per heavy atom. The maximum absolute atomic E-state index is 5.20. The minimum atomic E-state index is 0.555. The van der Waals surface area contributed by atoms with E-state index in [2.05, 4.69) is 91.9 Å². The van der Waals surface area contributed by atoms with E-state index >= 15 is 0 Å². The molecule has 0 amide bonds. The molecule has 4 heterocycles. The van der Waals surface area contributed by atoms with Gasteiger partial charge < -0.3 is 4.57 Å². The van der Waals surface area contributed by atoms with Crippen molar-refractivity contribution in [3.63, 3.8) is 0 Å². The Bertz CT molecular complexity index is 2760. The molecule has 4 aromatic heterocycles. The van der Waals surface area contributed by atoms with Crippen molar-refractivity contribution in [2.75, 3.05) is 0 Å². The second kappa shape index (κ2) is 10.4. The van der Waals surface area contributed by atoms with Gasteiger partial charge in [-0.05, 0) is 30.3 Å². The Kier molecular flexibility index (Phi) is 5.74. The van der Waals surface area contributed by atoms with Crippen LogP contribution in [0.15, 0.2) is 152 Å². The molecule has 0 N–H and O–H groups in total. The summed E-state index contributed by atoms with van der Waals surface area (Å²) in [5.74, 6) is 1.79. The Labute approximate surface area is 274 Å². The molecule has 0 bridgehead atoms. The molecular weight excluding hydrogens is 591 g/mol. The maximum Gasteiger partial charge on any atom is 0.238 e. The predicted molar refractivity (Wildman–Crippen MR) is 192 cm³/mol. The van der Waals surface area contributed by atoms with Crippen LogP contribution in [0, 0.1) is 0 Å². The van der Waals surface area contributed by atoms with E-state index in [4.69, 9.17) is 15.0 Å². The zero-order valence-corrected chi connectivity index (χ0v) is 25.6. The van der Waals surface area contributed by atoms with Crippen molar-refractivity contribution in [3.05, 3.63) is 152 Å². The third-order valence-corrected chi connectivity index (χ3v) is 9.11. The van der Waals surface area contributed by atoms with Crippen LogP contribution in [0.4, 0.5) is 0 Å². The molecule has 0 aliphatic carbocycles. The van der Waals surface area contributed by atoms with Crippen LogP contribution in [0.5, 0.6) is 0 Å². The van der Waals surface area contributed by atoms with Crippen molar-refractivity contribution in [2.24, 2.45) is 0 Å². The largest absolute Gasteiger partial charge is 0.306 e. The normalized spacial score (nSPS) is 11.8. The van der Waals surface area contributed by atoms with Crippen molar-refractivity contribution in [3.8, 4) is 34.4 Å². The molecule has 224 valence electrons. The van der Waals surface area contributed by atoms with Crippen molar-refractivity contribution in [2.45, 2.75) is 0 Å². The Morgan fingerprint density at radius 2 is 0.979 bits per heavy atom. The summed E-state index contributed by atoms with van der Waals surface area (Å²) in [6.45, 7) is 0. The predicted octanol–water partition coefficient (Wildman–Crippen LogP) is 9.34. The highest BCUT2D eigenvalue weighted by Crippen LogP contribution is 2.43. The van der Waals surface area contributed by atoms with Crippen LogP contribution in [0.3, 0.4) is 0 Å². The first-order chi connectivity index (χ1) is 23.8. The lowest BCUT2D eigenvalue weighted by molar-refractivity contribution is 0.953. The topological polar surface area (TPSA) is 74.3 Å². The third-order valence-electron chi connectivity index (χ3n) is 9.11. The summed E-state index contributed by atoms with van der Waals surface area (Å²) in [6.07, 6.45) is 3.52. The number of aromatic nitrogens is 7. The lowest BCUT2D eigenvalue weighted by atomic mass is 10.1. The lowest BCUT2D eigenvalue weighted by Crippen LogP contribution is -2.07. The van der Waals surface area contributed by atoms with Gasteiger partial charge in [-0.3, -0.25) is 4.57 Å². The monoisotopic (exact) mass is 615 g/mol. The van der Waals surface area contributed by atoms with E-state index in [-0.39, 0.29) is 0 Å². The second-order valence-corrected chi connectivity index (χ2v) is 11.8. The summed E-state index contributed by atoms with van der Waals surface area (Å²) < 4.78 is 4.57. The number of hydrogen-bond donors (Lipinski definition) is 0. The molecule has 0 saturated carbocycles. The summed E-state index contributed by atoms with van der Waals surface area (Å²) in [5.41, 5.74) is 7.94. The van der Waals surface area contributed by atoms with Crippen LogP contribution in [0.2, 0.25) is 0 Å². The first-order valence-corrected chi connectivity index (χ1v) is 15.9. The van der Waals surface area contributed by atoms with E-state index in [1.807, 2.05) is 72.9 Å². The fourth-order valence-corrected chi connectivity index (χ4v) is 7.03. The summed E-state index contributed by atoms with van der Waals surface area (Å²) >= 11 is 0. The van der Waals surface area contributed by atoms with Crippen LogP contribution in [0.25, 0.3) is 88.9 Å². The minimum Gasteiger partial charge on any atom is -0.306 e. The SMILES string of the molecule is c1ccc(-c2nc(-c3ccccc3)nc(-n3c4ccccc4c4ccc5c6ccc7ncncc7c6n(-c6ccccc6)c5c43)n2)cc1. The highest BCUT2D eigenvalue weighted by molar-refractivity contribution is 6.26. The van der Waals surface area contributed by atoms with E-state index in [9.17, 15) is 0 Å². The standard InChI is InChI=1S/C41H25N7/c1-4-12-26(13-5-1)39-44-40(27-14-6-2-7-15-27)46-41(45-39)48-35-19-11-10-18-29(35)30-20-21-32-31-22-23-34-33(24-42-25-43-34)36(31)47(37(32)38(30)48)28-16-8-3-9-17-28/h1-25H. The first kappa shape index (κ1) is 26.5. The Hall–Kier alpha value is -6.73. The zero-order valence-electron chi connectivity index (χ0n) is 25.6. The fourth-order valence-electron chi connectivity index (χ4n) is 7.03. The maximum atomic E-state index is 5.20. The molecule has 7 nitrogen and oxygen atoms in total. The van der Waals surface area contributed by atoms with Crippen LogP contribution < -0.4 is 0 Å². The molecule has 0 fully saturated rings. The van der Waals surface area contributed by atoms with Gasteiger partial charge in [-0.15, -0.1) is 0 Å². The van der Waals surface area contributed by atoms with Gasteiger partial charge in [0.25, 0.3) is 0 Å². The number of rotatable bonds is 4. The summed E-state index contributed by atoms with van der Waals surface area (Å²) in [7, 11) is 0. The minimum absolute atomic E-state index is 0.555. The van der Waals surface area contributed by atoms with Crippen LogP contribution in [0.1, 0.15) is 0 Å². The van der Waals surface area contributed by atoms with E-state index in [0.29, 0.717) is 17.6 Å². The molecule has 10 aromatic rings. The number of fused-ring (bicyclic) bond motifs is 9. The Morgan fingerprint density at radius 1 is 0.417 bits per heavy atom. The quantitative estimate of drug-likeness (QED) is 0.197. The van der Waals surface area contributed by atoms with Crippen LogP contribution in [-0.4, -0.2) is 34.1 Å². The van der Waals surface area contributed by atoms with Crippen molar-refractivity contribution in [1.82, 2.24) is 34.1 Å². The number of benzene rings is 6. The number of nitrogens with zero attached hydrogens (tertiary/aromatic N) is 7. The van der Waals surface area contributed by atoms with Gasteiger partial charge in [0.2, 0.25) is 5.95 Å². The number of para-hydroxylation sites is 2. The third kappa shape index (κ3) is 3.91. The van der Waals surface area contributed by atoms with E-state index in [1.165, 1.54) is 0 Å². The molecule has 0 aliphatic heterocycles. The van der Waals surface area contributed by atoms with Crippen molar-refractivity contribution in [1.29, 1.82) is 0 Å². The highest BCUT2D eigenvalue weighted by Gasteiger charge is 2.24. The van der Waals surface area contributed by atoms with Gasteiger partial charge in [0.1, 0.15) is 6.33 Å². The van der Waals surface area contributed by atoms with Gasteiger partial charge in [-0.25, -0.2) is 15.0 Å².